The van der Waals surface area contributed by atoms with Crippen molar-refractivity contribution in [2.75, 3.05) is 29.1 Å². The van der Waals surface area contributed by atoms with Crippen LogP contribution in [0, 0.1) is 0 Å². The van der Waals surface area contributed by atoms with Gasteiger partial charge in [-0.25, -0.2) is 4.98 Å². The van der Waals surface area contributed by atoms with Gasteiger partial charge in [0, 0.05) is 0 Å². The quantitative estimate of drug-likeness (QED) is 0.831. The maximum Gasteiger partial charge on any atom is 0.266 e. The molecule has 23 heavy (non-hydrogen) atoms. The van der Waals surface area contributed by atoms with E-state index in [1.165, 1.54) is 16.2 Å². The van der Waals surface area contributed by atoms with Crippen molar-refractivity contribution < 1.29 is 14.3 Å². The van der Waals surface area contributed by atoms with Crippen LogP contribution in [0.2, 0.25) is 0 Å². The van der Waals surface area contributed by atoms with Crippen molar-refractivity contribution in [3.8, 4) is 5.75 Å². The fourth-order valence-electron chi connectivity index (χ4n) is 2.00. The van der Waals surface area contributed by atoms with Crippen LogP contribution in [-0.4, -0.2) is 40.1 Å². The number of hydrogen-bond donors (Lipinski definition) is 2. The molecule has 0 bridgehead atoms. The summed E-state index contributed by atoms with van der Waals surface area (Å²) >= 11 is 1.29. The predicted molar refractivity (Wildman–Crippen MR) is 84.4 cm³/mol. The Morgan fingerprint density at radius 2 is 2.30 bits per heavy atom. The van der Waals surface area contributed by atoms with Crippen molar-refractivity contribution in [1.82, 2.24) is 15.2 Å². The number of nitrogens with two attached hydrogens (primary N) is 1. The lowest BCUT2D eigenvalue weighted by molar-refractivity contribution is -0.123. The van der Waals surface area contributed by atoms with E-state index in [9.17, 15) is 9.59 Å². The first-order valence-corrected chi connectivity index (χ1v) is 7.70. The summed E-state index contributed by atoms with van der Waals surface area (Å²) in [5.74, 6) is 0.134. The van der Waals surface area contributed by atoms with Gasteiger partial charge in [-0.1, -0.05) is 18.3 Å². The number of hydrogen-bond acceptors (Lipinski definition) is 8. The first kappa shape index (κ1) is 15.2. The Balaban J connectivity index is 1.75. The number of nitrogens with zero attached hydrogens (tertiary/aromatic N) is 4. The van der Waals surface area contributed by atoms with Gasteiger partial charge in [0.15, 0.2) is 18.2 Å². The number of pyridine rings is 1. The molecule has 9 nitrogen and oxygen atoms in total. The summed E-state index contributed by atoms with van der Waals surface area (Å²) in [4.78, 5) is 29.5. The van der Waals surface area contributed by atoms with Crippen molar-refractivity contribution in [1.29, 1.82) is 0 Å². The standard InChI is InChI=1S/C13H14N6O3S/c1-2-10-17-18-13(23-10)16-9(20)5-19-11(21)6-22-7-3-4-8(14)15-12(7)19/h3-4H,2,5-6H2,1H3,(H2,14,15)(H,16,18,20). The largest absolute Gasteiger partial charge is 0.480 e. The number of aromatic nitrogens is 3. The molecule has 120 valence electrons. The number of carbonyl (C=O) groups excluding carboxylic acids is 2. The number of carbonyl (C=O) groups is 2. The number of nitrogens with one attached hydrogen (secondary N) is 1. The Bertz CT molecular complexity index is 762. The zero-order valence-corrected chi connectivity index (χ0v) is 13.1. The molecule has 0 radical (unpaired) electrons. The summed E-state index contributed by atoms with van der Waals surface area (Å²) < 4.78 is 5.28. The topological polar surface area (TPSA) is 123 Å². The second-order valence-electron chi connectivity index (χ2n) is 4.73. The highest BCUT2D eigenvalue weighted by molar-refractivity contribution is 7.15. The SMILES string of the molecule is CCc1nnc(NC(=O)CN2C(=O)COc3ccc(N)nc32)s1. The van der Waals surface area contributed by atoms with Crippen LogP contribution in [0.4, 0.5) is 16.8 Å². The first-order chi connectivity index (χ1) is 11.1. The van der Waals surface area contributed by atoms with Crippen LogP contribution < -0.4 is 20.7 Å². The summed E-state index contributed by atoms with van der Waals surface area (Å²) in [5, 5.41) is 11.6. The van der Waals surface area contributed by atoms with Gasteiger partial charge < -0.3 is 10.5 Å². The lowest BCUT2D eigenvalue weighted by atomic mass is 10.3. The van der Waals surface area contributed by atoms with E-state index < -0.39 is 5.91 Å². The number of amides is 2. The average Bonchev–Trinajstić information content (AvgIpc) is 2.98. The molecule has 0 saturated carbocycles. The van der Waals surface area contributed by atoms with Crippen LogP contribution in [0.15, 0.2) is 12.1 Å². The first-order valence-electron chi connectivity index (χ1n) is 6.88. The highest BCUT2D eigenvalue weighted by Crippen LogP contribution is 2.30. The molecule has 0 unspecified atom stereocenters. The fraction of sp³-hybridized carbons (Fsp3) is 0.308. The molecule has 10 heteroatoms. The maximum atomic E-state index is 12.2. The van der Waals surface area contributed by atoms with E-state index in [1.54, 1.807) is 12.1 Å². The zero-order valence-electron chi connectivity index (χ0n) is 12.3. The molecule has 0 saturated heterocycles. The van der Waals surface area contributed by atoms with E-state index in [4.69, 9.17) is 10.5 Å². The summed E-state index contributed by atoms with van der Waals surface area (Å²) in [5.41, 5.74) is 5.64. The number of anilines is 3. The van der Waals surface area contributed by atoms with Crippen LogP contribution in [0.1, 0.15) is 11.9 Å². The molecule has 0 aromatic carbocycles. The Morgan fingerprint density at radius 1 is 1.48 bits per heavy atom. The van der Waals surface area contributed by atoms with Crippen molar-refractivity contribution in [2.24, 2.45) is 0 Å². The van der Waals surface area contributed by atoms with E-state index in [0.29, 0.717) is 10.9 Å². The number of rotatable bonds is 4. The van der Waals surface area contributed by atoms with Crippen LogP contribution in [0.5, 0.6) is 5.75 Å². The van der Waals surface area contributed by atoms with E-state index in [0.717, 1.165) is 11.4 Å². The third-order valence-electron chi connectivity index (χ3n) is 3.09. The zero-order chi connectivity index (χ0) is 16.4. The second-order valence-corrected chi connectivity index (χ2v) is 5.79. The van der Waals surface area contributed by atoms with Crippen molar-refractivity contribution >= 4 is 39.9 Å². The van der Waals surface area contributed by atoms with Gasteiger partial charge in [-0.15, -0.1) is 10.2 Å². The van der Waals surface area contributed by atoms with E-state index >= 15 is 0 Å². The van der Waals surface area contributed by atoms with Gasteiger partial charge in [0.05, 0.1) is 0 Å². The predicted octanol–water partition coefficient (Wildman–Crippen LogP) is 0.442. The monoisotopic (exact) mass is 334 g/mol. The third-order valence-corrected chi connectivity index (χ3v) is 4.07. The highest BCUT2D eigenvalue weighted by atomic mass is 32.1. The van der Waals surface area contributed by atoms with Gasteiger partial charge in [-0.05, 0) is 18.6 Å². The van der Waals surface area contributed by atoms with E-state index in [-0.39, 0.29) is 30.7 Å². The van der Waals surface area contributed by atoms with E-state index in [2.05, 4.69) is 20.5 Å². The molecule has 2 aromatic rings. The molecule has 0 fully saturated rings. The lowest BCUT2D eigenvalue weighted by Gasteiger charge is -2.27. The Kier molecular flexibility index (Phi) is 4.06. The van der Waals surface area contributed by atoms with Crippen LogP contribution in [0.3, 0.4) is 0 Å². The Labute approximate surface area is 135 Å². The molecule has 0 aliphatic carbocycles. The molecular weight excluding hydrogens is 320 g/mol. The normalized spacial score (nSPS) is 13.4. The molecule has 2 aromatic heterocycles. The number of fused-ring (bicyclic) bond motifs is 1. The summed E-state index contributed by atoms with van der Waals surface area (Å²) in [6.07, 6.45) is 0.742. The van der Waals surface area contributed by atoms with Crippen molar-refractivity contribution in [3.63, 3.8) is 0 Å². The van der Waals surface area contributed by atoms with Crippen molar-refractivity contribution in [2.45, 2.75) is 13.3 Å². The molecule has 0 spiro atoms. The molecule has 1 aliphatic rings. The van der Waals surface area contributed by atoms with Gasteiger partial charge in [0.25, 0.3) is 5.91 Å². The molecule has 3 heterocycles. The van der Waals surface area contributed by atoms with Crippen LogP contribution in [0.25, 0.3) is 0 Å². The molecule has 3 N–H and O–H groups in total. The lowest BCUT2D eigenvalue weighted by Crippen LogP contribution is -2.44. The number of ether oxygens (including phenoxy) is 1. The Morgan fingerprint density at radius 3 is 3.04 bits per heavy atom. The van der Waals surface area contributed by atoms with E-state index in [1.807, 2.05) is 6.92 Å². The molecular formula is C13H14N6O3S. The minimum Gasteiger partial charge on any atom is -0.480 e. The second kappa shape index (κ2) is 6.16. The third kappa shape index (κ3) is 3.21. The van der Waals surface area contributed by atoms with Gasteiger partial charge >= 0.3 is 0 Å². The van der Waals surface area contributed by atoms with Crippen molar-refractivity contribution in [3.05, 3.63) is 17.1 Å². The van der Waals surface area contributed by atoms with Crippen LogP contribution in [-0.2, 0) is 16.0 Å². The average molecular weight is 334 g/mol. The van der Waals surface area contributed by atoms with Gasteiger partial charge in [0.2, 0.25) is 11.0 Å². The molecule has 2 amide bonds. The minimum atomic E-state index is -0.394. The Hall–Kier alpha value is -2.75. The summed E-state index contributed by atoms with van der Waals surface area (Å²) in [6.45, 7) is 1.60. The maximum absolute atomic E-state index is 12.2. The number of nitrogen functional groups attached to an aromatic ring is 1. The minimum absolute atomic E-state index is 0.148. The van der Waals surface area contributed by atoms with Gasteiger partial charge in [-0.3, -0.25) is 19.8 Å². The smallest absolute Gasteiger partial charge is 0.266 e. The van der Waals surface area contributed by atoms with Gasteiger partial charge in [-0.2, -0.15) is 0 Å². The summed E-state index contributed by atoms with van der Waals surface area (Å²) in [7, 11) is 0. The number of aryl methyl sites for hydroxylation is 1. The fourth-order valence-corrected chi connectivity index (χ4v) is 2.70. The van der Waals surface area contributed by atoms with Crippen LogP contribution >= 0.6 is 11.3 Å². The highest BCUT2D eigenvalue weighted by Gasteiger charge is 2.29. The summed E-state index contributed by atoms with van der Waals surface area (Å²) in [6, 6.07) is 3.19. The molecule has 1 aliphatic heterocycles. The van der Waals surface area contributed by atoms with Gasteiger partial charge in [0.1, 0.15) is 17.4 Å². The molecule has 3 rings (SSSR count). The molecule has 0 atom stereocenters.